The number of nitrogens with zero attached hydrogens (tertiary/aromatic N) is 3. The minimum Gasteiger partial charge on any atom is -0.363 e. The highest BCUT2D eigenvalue weighted by Crippen LogP contribution is 2.09. The zero-order valence-electron chi connectivity index (χ0n) is 6.92. The van der Waals surface area contributed by atoms with Crippen molar-refractivity contribution >= 4 is 5.82 Å². The molecule has 0 aliphatic rings. The van der Waals surface area contributed by atoms with Crippen molar-refractivity contribution in [2.45, 2.75) is 6.92 Å². The zero-order chi connectivity index (χ0) is 7.72. The largest absolute Gasteiger partial charge is 0.363 e. The third kappa shape index (κ3) is 0.988. The van der Waals surface area contributed by atoms with E-state index in [9.17, 15) is 0 Å². The van der Waals surface area contributed by atoms with Gasteiger partial charge in [-0.2, -0.15) is 0 Å². The standard InChI is InChI=1S/C7H13N3/c1-6-8-5-7(9(2)3)10(6)4/h5H,1-4H3. The Morgan fingerprint density at radius 2 is 2.10 bits per heavy atom. The molecule has 3 nitrogen and oxygen atoms in total. The van der Waals surface area contributed by atoms with Crippen LogP contribution < -0.4 is 4.90 Å². The molecule has 1 aromatic rings. The highest BCUT2D eigenvalue weighted by atomic mass is 15.2. The summed E-state index contributed by atoms with van der Waals surface area (Å²) >= 11 is 0. The molecule has 0 saturated carbocycles. The van der Waals surface area contributed by atoms with E-state index < -0.39 is 0 Å². The summed E-state index contributed by atoms with van der Waals surface area (Å²) < 4.78 is 2.06. The maximum atomic E-state index is 4.16. The fourth-order valence-electron chi connectivity index (χ4n) is 0.906. The van der Waals surface area contributed by atoms with Crippen molar-refractivity contribution in [2.75, 3.05) is 19.0 Å². The lowest BCUT2D eigenvalue weighted by Crippen LogP contribution is -2.12. The van der Waals surface area contributed by atoms with Gasteiger partial charge < -0.3 is 9.47 Å². The van der Waals surface area contributed by atoms with Crippen LogP contribution in [0.2, 0.25) is 0 Å². The van der Waals surface area contributed by atoms with E-state index in [2.05, 4.69) is 9.55 Å². The molecule has 1 aromatic heterocycles. The molecule has 0 amide bonds. The third-order valence-electron chi connectivity index (χ3n) is 1.65. The summed E-state index contributed by atoms with van der Waals surface area (Å²) in [6.07, 6.45) is 1.87. The van der Waals surface area contributed by atoms with Crippen LogP contribution in [0.4, 0.5) is 5.82 Å². The number of hydrogen-bond donors (Lipinski definition) is 0. The van der Waals surface area contributed by atoms with Gasteiger partial charge in [-0.15, -0.1) is 0 Å². The topological polar surface area (TPSA) is 21.1 Å². The number of rotatable bonds is 1. The molecule has 0 aliphatic heterocycles. The average Bonchev–Trinajstić information content (AvgIpc) is 2.14. The highest BCUT2D eigenvalue weighted by Gasteiger charge is 2.01. The first-order chi connectivity index (χ1) is 4.63. The van der Waals surface area contributed by atoms with Crippen molar-refractivity contribution in [3.8, 4) is 0 Å². The summed E-state index contributed by atoms with van der Waals surface area (Å²) in [5.74, 6) is 2.18. The van der Waals surface area contributed by atoms with Crippen molar-refractivity contribution in [1.82, 2.24) is 9.55 Å². The van der Waals surface area contributed by atoms with Crippen molar-refractivity contribution in [3.05, 3.63) is 12.0 Å². The molecule has 1 heterocycles. The smallest absolute Gasteiger partial charge is 0.127 e. The number of aryl methyl sites for hydroxylation is 1. The average molecular weight is 139 g/mol. The van der Waals surface area contributed by atoms with Gasteiger partial charge in [0.15, 0.2) is 0 Å². The highest BCUT2D eigenvalue weighted by molar-refractivity contribution is 5.36. The van der Waals surface area contributed by atoms with E-state index in [0.29, 0.717) is 0 Å². The van der Waals surface area contributed by atoms with E-state index in [1.807, 2.05) is 39.2 Å². The first-order valence-corrected chi connectivity index (χ1v) is 3.28. The first-order valence-electron chi connectivity index (χ1n) is 3.28. The van der Waals surface area contributed by atoms with Gasteiger partial charge in [-0.25, -0.2) is 4.98 Å². The van der Waals surface area contributed by atoms with Gasteiger partial charge in [0.05, 0.1) is 6.20 Å². The van der Waals surface area contributed by atoms with E-state index in [4.69, 9.17) is 0 Å². The van der Waals surface area contributed by atoms with Gasteiger partial charge in [0, 0.05) is 21.1 Å². The molecule has 1 rings (SSSR count). The van der Waals surface area contributed by atoms with Gasteiger partial charge in [0.25, 0.3) is 0 Å². The second-order valence-electron chi connectivity index (χ2n) is 2.62. The molecule has 0 radical (unpaired) electrons. The lowest BCUT2D eigenvalue weighted by atomic mass is 10.6. The van der Waals surface area contributed by atoms with Crippen LogP contribution in [0, 0.1) is 6.92 Å². The summed E-state index contributed by atoms with van der Waals surface area (Å²) in [6, 6.07) is 0. The summed E-state index contributed by atoms with van der Waals surface area (Å²) in [4.78, 5) is 6.20. The fraction of sp³-hybridized carbons (Fsp3) is 0.571. The Kier molecular flexibility index (Phi) is 1.66. The van der Waals surface area contributed by atoms with Crippen LogP contribution in [0.15, 0.2) is 6.20 Å². The molecular weight excluding hydrogens is 126 g/mol. The fourth-order valence-corrected chi connectivity index (χ4v) is 0.906. The minimum absolute atomic E-state index is 1.05. The van der Waals surface area contributed by atoms with E-state index >= 15 is 0 Å². The SMILES string of the molecule is Cc1ncc(N(C)C)n1C. The normalized spacial score (nSPS) is 10.0. The van der Waals surface area contributed by atoms with E-state index in [0.717, 1.165) is 11.6 Å². The van der Waals surface area contributed by atoms with E-state index in [1.54, 1.807) is 0 Å². The molecule has 0 aliphatic carbocycles. The maximum absolute atomic E-state index is 4.16. The lowest BCUT2D eigenvalue weighted by molar-refractivity contribution is 0.836. The quantitative estimate of drug-likeness (QED) is 0.573. The van der Waals surface area contributed by atoms with Gasteiger partial charge in [0.1, 0.15) is 11.6 Å². The van der Waals surface area contributed by atoms with Crippen LogP contribution in [0.5, 0.6) is 0 Å². The van der Waals surface area contributed by atoms with Crippen LogP contribution in [-0.4, -0.2) is 23.6 Å². The van der Waals surface area contributed by atoms with Gasteiger partial charge in [0.2, 0.25) is 0 Å². The molecule has 3 heteroatoms. The van der Waals surface area contributed by atoms with Gasteiger partial charge in [-0.05, 0) is 6.92 Å². The summed E-state index contributed by atoms with van der Waals surface area (Å²) in [6.45, 7) is 1.99. The number of hydrogen-bond acceptors (Lipinski definition) is 2. The van der Waals surface area contributed by atoms with Crippen LogP contribution in [-0.2, 0) is 7.05 Å². The molecule has 56 valence electrons. The molecule has 0 saturated heterocycles. The molecule has 0 fully saturated rings. The molecule has 0 aromatic carbocycles. The molecule has 10 heavy (non-hydrogen) atoms. The molecule has 0 unspecified atom stereocenters. The predicted molar refractivity (Wildman–Crippen MR) is 42.3 cm³/mol. The van der Waals surface area contributed by atoms with Crippen LogP contribution in [0.1, 0.15) is 5.82 Å². The van der Waals surface area contributed by atoms with Crippen molar-refractivity contribution in [3.63, 3.8) is 0 Å². The van der Waals surface area contributed by atoms with Gasteiger partial charge in [-0.1, -0.05) is 0 Å². The monoisotopic (exact) mass is 139 g/mol. The predicted octanol–water partition coefficient (Wildman–Crippen LogP) is 0.795. The number of aromatic nitrogens is 2. The van der Waals surface area contributed by atoms with Crippen molar-refractivity contribution in [2.24, 2.45) is 7.05 Å². The van der Waals surface area contributed by atoms with Crippen molar-refractivity contribution < 1.29 is 0 Å². The zero-order valence-corrected chi connectivity index (χ0v) is 6.92. The maximum Gasteiger partial charge on any atom is 0.127 e. The van der Waals surface area contributed by atoms with Crippen LogP contribution in [0.3, 0.4) is 0 Å². The van der Waals surface area contributed by atoms with Gasteiger partial charge in [-0.3, -0.25) is 0 Å². The van der Waals surface area contributed by atoms with Crippen LogP contribution in [0.25, 0.3) is 0 Å². The van der Waals surface area contributed by atoms with E-state index in [-0.39, 0.29) is 0 Å². The molecular formula is C7H13N3. The summed E-state index contributed by atoms with van der Waals surface area (Å²) in [7, 11) is 6.03. The molecule has 0 atom stereocenters. The summed E-state index contributed by atoms with van der Waals surface area (Å²) in [5, 5.41) is 0. The molecule has 0 spiro atoms. The second kappa shape index (κ2) is 2.33. The Hall–Kier alpha value is -0.990. The Labute approximate surface area is 61.3 Å². The Morgan fingerprint density at radius 3 is 2.30 bits per heavy atom. The Bertz CT molecular complexity index is 225. The van der Waals surface area contributed by atoms with Gasteiger partial charge >= 0.3 is 0 Å². The van der Waals surface area contributed by atoms with E-state index in [1.165, 1.54) is 0 Å². The number of anilines is 1. The Morgan fingerprint density at radius 1 is 1.50 bits per heavy atom. The number of imidazole rings is 1. The minimum atomic E-state index is 1.05. The molecule has 0 bridgehead atoms. The summed E-state index contributed by atoms with van der Waals surface area (Å²) in [5.41, 5.74) is 0. The second-order valence-corrected chi connectivity index (χ2v) is 2.62. The third-order valence-corrected chi connectivity index (χ3v) is 1.65. The first kappa shape index (κ1) is 7.12. The molecule has 0 N–H and O–H groups in total. The van der Waals surface area contributed by atoms with Crippen LogP contribution >= 0.6 is 0 Å². The lowest BCUT2D eigenvalue weighted by Gasteiger charge is -2.11. The van der Waals surface area contributed by atoms with Crippen molar-refractivity contribution in [1.29, 1.82) is 0 Å². The Balaban J connectivity index is 3.05.